The first kappa shape index (κ1) is 15.9. The zero-order valence-corrected chi connectivity index (χ0v) is 13.0. The molecule has 0 saturated carbocycles. The molecule has 2 aromatic heterocycles. The van der Waals surface area contributed by atoms with Crippen molar-refractivity contribution in [1.29, 1.82) is 0 Å². The molecular formula is C15H21N5O3. The van der Waals surface area contributed by atoms with Gasteiger partial charge in [0.25, 0.3) is 0 Å². The summed E-state index contributed by atoms with van der Waals surface area (Å²) in [6.07, 6.45) is 5.81. The van der Waals surface area contributed by atoms with Gasteiger partial charge in [0.05, 0.1) is 12.9 Å². The minimum Gasteiger partial charge on any atom is -0.388 e. The zero-order chi connectivity index (χ0) is 16.4. The van der Waals surface area contributed by atoms with E-state index in [0.717, 1.165) is 19.3 Å². The molecule has 1 aliphatic rings. The number of aliphatic hydroxyl groups is 2. The maximum absolute atomic E-state index is 10.0. The predicted octanol–water partition coefficient (Wildman–Crippen LogP) is 0.862. The van der Waals surface area contributed by atoms with E-state index < -0.39 is 18.4 Å². The Balaban J connectivity index is 1.94. The maximum Gasteiger partial charge on any atom is 0.168 e. The van der Waals surface area contributed by atoms with Crippen LogP contribution in [0.4, 0.5) is 5.82 Å². The third kappa shape index (κ3) is 3.05. The molecule has 1 fully saturated rings. The molecule has 0 aromatic carbocycles. The number of unbranched alkanes of at least 4 members (excludes halogenated alkanes) is 2. The second-order valence-corrected chi connectivity index (χ2v) is 5.62. The van der Waals surface area contributed by atoms with Crippen LogP contribution in [0.2, 0.25) is 0 Å². The summed E-state index contributed by atoms with van der Waals surface area (Å²) in [5, 5.41) is 19.7. The maximum atomic E-state index is 10.0. The van der Waals surface area contributed by atoms with Crippen molar-refractivity contribution in [1.82, 2.24) is 19.5 Å². The molecule has 23 heavy (non-hydrogen) atoms. The summed E-state index contributed by atoms with van der Waals surface area (Å²) in [6, 6.07) is 0. The van der Waals surface area contributed by atoms with E-state index in [1.54, 1.807) is 4.57 Å². The molecule has 8 nitrogen and oxygen atoms in total. The molecule has 4 N–H and O–H groups in total. The predicted molar refractivity (Wildman–Crippen MR) is 85.3 cm³/mol. The van der Waals surface area contributed by atoms with E-state index in [1.165, 1.54) is 6.33 Å². The number of nitrogens with zero attached hydrogens (tertiary/aromatic N) is 4. The lowest BCUT2D eigenvalue weighted by Crippen LogP contribution is -2.28. The molecule has 3 rings (SSSR count). The number of rotatable bonds is 5. The number of nitrogens with two attached hydrogens (primary N) is 1. The van der Waals surface area contributed by atoms with Crippen LogP contribution < -0.4 is 5.73 Å². The average Bonchev–Trinajstić information content (AvgIpc) is 3.09. The number of hydrogen-bond donors (Lipinski definition) is 3. The minimum absolute atomic E-state index is 0.0653. The molecule has 2 aromatic rings. The fourth-order valence-electron chi connectivity index (χ4n) is 2.56. The highest BCUT2D eigenvalue weighted by atomic mass is 16.5. The molecule has 0 aliphatic carbocycles. The zero-order valence-electron chi connectivity index (χ0n) is 13.0. The van der Waals surface area contributed by atoms with Gasteiger partial charge in [0.15, 0.2) is 23.5 Å². The van der Waals surface area contributed by atoms with E-state index in [-0.39, 0.29) is 12.4 Å². The van der Waals surface area contributed by atoms with Crippen LogP contribution in [0.3, 0.4) is 0 Å². The molecule has 1 saturated heterocycles. The highest BCUT2D eigenvalue weighted by molar-refractivity contribution is 5.82. The summed E-state index contributed by atoms with van der Waals surface area (Å²) in [4.78, 5) is 12.9. The summed E-state index contributed by atoms with van der Waals surface area (Å²) < 4.78 is 7.01. The van der Waals surface area contributed by atoms with Gasteiger partial charge in [-0.15, -0.1) is 0 Å². The number of anilines is 1. The molecule has 3 atom stereocenters. The van der Waals surface area contributed by atoms with Crippen molar-refractivity contribution in [3.05, 3.63) is 18.2 Å². The molecule has 124 valence electrons. The number of hydrogen-bond acceptors (Lipinski definition) is 7. The van der Waals surface area contributed by atoms with Gasteiger partial charge in [-0.25, -0.2) is 15.0 Å². The van der Waals surface area contributed by atoms with Gasteiger partial charge < -0.3 is 20.7 Å². The van der Waals surface area contributed by atoms with Crippen molar-refractivity contribution < 1.29 is 14.9 Å². The second-order valence-electron chi connectivity index (χ2n) is 5.62. The van der Waals surface area contributed by atoms with E-state index in [9.17, 15) is 10.2 Å². The molecule has 0 spiro atoms. The molecule has 1 aliphatic heterocycles. The van der Waals surface area contributed by atoms with Crippen LogP contribution in [0.1, 0.15) is 38.2 Å². The second kappa shape index (κ2) is 6.61. The van der Waals surface area contributed by atoms with Crippen molar-refractivity contribution in [3.63, 3.8) is 0 Å². The highest BCUT2D eigenvalue weighted by Gasteiger charge is 2.37. The monoisotopic (exact) mass is 319 g/mol. The lowest BCUT2D eigenvalue weighted by molar-refractivity contribution is -0.0162. The molecule has 0 bridgehead atoms. The van der Waals surface area contributed by atoms with Crippen LogP contribution in [0.15, 0.2) is 12.4 Å². The van der Waals surface area contributed by atoms with Crippen molar-refractivity contribution in [2.45, 2.75) is 44.6 Å². The number of aliphatic hydroxyl groups excluding tert-OH is 2. The number of allylic oxidation sites excluding steroid dienone is 1. The van der Waals surface area contributed by atoms with Gasteiger partial charge in [-0.3, -0.25) is 4.57 Å². The largest absolute Gasteiger partial charge is 0.388 e. The van der Waals surface area contributed by atoms with Crippen LogP contribution in [-0.2, 0) is 4.74 Å². The fourth-order valence-corrected chi connectivity index (χ4v) is 2.56. The van der Waals surface area contributed by atoms with Crippen molar-refractivity contribution in [2.75, 3.05) is 12.3 Å². The average molecular weight is 319 g/mol. The number of aromatic nitrogens is 4. The number of imidazole rings is 1. The van der Waals surface area contributed by atoms with E-state index in [2.05, 4.69) is 21.9 Å². The van der Waals surface area contributed by atoms with Gasteiger partial charge in [-0.1, -0.05) is 25.8 Å². The van der Waals surface area contributed by atoms with Gasteiger partial charge in [0, 0.05) is 0 Å². The van der Waals surface area contributed by atoms with Gasteiger partial charge >= 0.3 is 0 Å². The van der Waals surface area contributed by atoms with Gasteiger partial charge in [-0.2, -0.15) is 0 Å². The van der Waals surface area contributed by atoms with Crippen LogP contribution >= 0.6 is 0 Å². The van der Waals surface area contributed by atoms with E-state index in [1.807, 2.05) is 12.2 Å². The van der Waals surface area contributed by atoms with Gasteiger partial charge in [0.2, 0.25) is 0 Å². The first-order chi connectivity index (χ1) is 11.1. The Morgan fingerprint density at radius 1 is 1.43 bits per heavy atom. The fraction of sp³-hybridized carbons (Fsp3) is 0.533. The van der Waals surface area contributed by atoms with E-state index in [4.69, 9.17) is 10.5 Å². The molecule has 0 amide bonds. The van der Waals surface area contributed by atoms with Gasteiger partial charge in [-0.05, 0) is 12.5 Å². The van der Waals surface area contributed by atoms with Crippen molar-refractivity contribution in [3.8, 4) is 0 Å². The molecule has 0 radical (unpaired) electrons. The Hall–Kier alpha value is -2.03. The Kier molecular flexibility index (Phi) is 4.56. The standard InChI is InChI=1S/C15H21N5O3/c1-2-3-4-5-6-10-18-13(16)11-14(19-10)20(8-17-11)15-12(22)9(21)7-23-15/h5-6,8-9,12,15,21-22H,2-4,7H2,1H3,(H2,16,18,19)/b6-5+/t9-,12-,15-/m1/s1. The summed E-state index contributed by atoms with van der Waals surface area (Å²) in [5.41, 5.74) is 6.88. The summed E-state index contributed by atoms with van der Waals surface area (Å²) in [7, 11) is 0. The molecule has 3 heterocycles. The molecule has 0 unspecified atom stereocenters. The van der Waals surface area contributed by atoms with Crippen molar-refractivity contribution >= 4 is 23.1 Å². The lowest BCUT2D eigenvalue weighted by atomic mass is 10.2. The SMILES string of the molecule is CCCC/C=C/c1nc(N)c2ncn([C@@H]3OC[C@@H](O)[C@H]3O)c2n1. The number of fused-ring (bicyclic) bond motifs is 1. The first-order valence-corrected chi connectivity index (χ1v) is 7.76. The quantitative estimate of drug-likeness (QED) is 0.699. The first-order valence-electron chi connectivity index (χ1n) is 7.76. The minimum atomic E-state index is -1.04. The summed E-state index contributed by atoms with van der Waals surface area (Å²) in [6.45, 7) is 2.20. The van der Waals surface area contributed by atoms with Crippen LogP contribution in [0.5, 0.6) is 0 Å². The summed E-state index contributed by atoms with van der Waals surface area (Å²) >= 11 is 0. The van der Waals surface area contributed by atoms with Crippen LogP contribution in [0.25, 0.3) is 17.2 Å². The topological polar surface area (TPSA) is 119 Å². The van der Waals surface area contributed by atoms with Crippen molar-refractivity contribution in [2.24, 2.45) is 0 Å². The van der Waals surface area contributed by atoms with Crippen LogP contribution in [-0.4, -0.2) is 48.5 Å². The van der Waals surface area contributed by atoms with Gasteiger partial charge in [0.1, 0.15) is 17.7 Å². The number of nitrogen functional groups attached to an aromatic ring is 1. The summed E-state index contributed by atoms with van der Waals surface area (Å²) in [5.74, 6) is 0.762. The number of ether oxygens (including phenoxy) is 1. The van der Waals surface area contributed by atoms with E-state index in [0.29, 0.717) is 17.0 Å². The Bertz CT molecular complexity index is 714. The Morgan fingerprint density at radius 2 is 2.26 bits per heavy atom. The molecular weight excluding hydrogens is 298 g/mol. The molecule has 8 heteroatoms. The van der Waals surface area contributed by atoms with E-state index >= 15 is 0 Å². The third-order valence-electron chi connectivity index (χ3n) is 3.86. The van der Waals surface area contributed by atoms with Crippen LogP contribution in [0, 0.1) is 0 Å². The normalized spacial score (nSPS) is 24.9. The highest BCUT2D eigenvalue weighted by Crippen LogP contribution is 2.28. The Morgan fingerprint density at radius 3 is 2.96 bits per heavy atom. The Labute approximate surface area is 133 Å². The third-order valence-corrected chi connectivity index (χ3v) is 3.86. The lowest BCUT2D eigenvalue weighted by Gasteiger charge is -2.16. The smallest absolute Gasteiger partial charge is 0.168 e.